The number of hydrogen-bond acceptors (Lipinski definition) is 7. The van der Waals surface area contributed by atoms with Crippen LogP contribution in [0.25, 0.3) is 0 Å². The van der Waals surface area contributed by atoms with Crippen molar-refractivity contribution in [3.8, 4) is 0 Å². The maximum absolute atomic E-state index is 12.8. The van der Waals surface area contributed by atoms with Crippen molar-refractivity contribution in [1.82, 2.24) is 0 Å². The van der Waals surface area contributed by atoms with Crippen LogP contribution in [0.15, 0.2) is 12.2 Å². The minimum absolute atomic E-state index is 0.176. The molecule has 0 radical (unpaired) electrons. The van der Waals surface area contributed by atoms with Gasteiger partial charge in [0.05, 0.1) is 34.4 Å². The topological polar surface area (TPSA) is 108 Å². The van der Waals surface area contributed by atoms with Crippen molar-refractivity contribution >= 4 is 17.9 Å². The van der Waals surface area contributed by atoms with Gasteiger partial charge in [-0.05, 0) is 38.5 Å². The highest BCUT2D eigenvalue weighted by atomic mass is 16.7. The molecule has 0 bridgehead atoms. The molecular formula is C52H100NO8+. The van der Waals surface area contributed by atoms with Gasteiger partial charge in [-0.15, -0.1) is 0 Å². The quantitative estimate of drug-likeness (QED) is 0.0212. The summed E-state index contributed by atoms with van der Waals surface area (Å²) in [5.41, 5.74) is 0. The Morgan fingerprint density at radius 1 is 0.475 bits per heavy atom. The van der Waals surface area contributed by atoms with Gasteiger partial charge in [-0.2, -0.15) is 0 Å². The number of aliphatic carboxylic acids is 1. The third-order valence-corrected chi connectivity index (χ3v) is 11.5. The fourth-order valence-electron chi connectivity index (χ4n) is 7.48. The Morgan fingerprint density at radius 2 is 0.836 bits per heavy atom. The third-order valence-electron chi connectivity index (χ3n) is 11.5. The fraction of sp³-hybridized carbons (Fsp3) is 0.904. The summed E-state index contributed by atoms with van der Waals surface area (Å²) in [6, 6.07) is 0. The molecule has 2 unspecified atom stereocenters. The number of allylic oxidation sites excluding steroid dienone is 2. The molecule has 360 valence electrons. The standard InChI is InChI=1S/C52H99NO8/c1-6-8-10-12-14-15-16-17-18-19-20-21-22-23-24-25-26-27-28-29-30-31-32-33-34-35-37-39-41-43-50(55)61-48(46-59-49(54)42-40-38-36-13-11-9-7-2)47-60-52(51(56)57)58-45-44-53(3,4)5/h19-20,48,52H,6-18,21-47H2,1-5H3/p+1/b20-19-. The van der Waals surface area contributed by atoms with E-state index in [0.29, 0.717) is 17.4 Å². The van der Waals surface area contributed by atoms with E-state index in [1.54, 1.807) is 0 Å². The summed E-state index contributed by atoms with van der Waals surface area (Å²) in [6.07, 6.45) is 46.1. The number of rotatable bonds is 48. The smallest absolute Gasteiger partial charge is 0.361 e. The van der Waals surface area contributed by atoms with Crippen molar-refractivity contribution in [2.45, 2.75) is 257 Å². The second-order valence-corrected chi connectivity index (χ2v) is 18.8. The van der Waals surface area contributed by atoms with E-state index in [1.807, 2.05) is 21.1 Å². The average Bonchev–Trinajstić information content (AvgIpc) is 3.22. The molecule has 0 aliphatic heterocycles. The number of carbonyl (C=O) groups is 3. The van der Waals surface area contributed by atoms with Crippen LogP contribution < -0.4 is 0 Å². The van der Waals surface area contributed by atoms with E-state index in [4.69, 9.17) is 18.9 Å². The summed E-state index contributed by atoms with van der Waals surface area (Å²) in [5.74, 6) is -2.00. The SMILES string of the molecule is CCCCCCCCCC/C=C\CCCCCCCCCCCCCCCCCCCC(=O)OC(COC(=O)CCCCCCCCC)COC(OCC[N+](C)(C)C)C(=O)O. The first kappa shape index (κ1) is 59.0. The molecule has 0 aromatic rings. The molecule has 0 saturated heterocycles. The van der Waals surface area contributed by atoms with Gasteiger partial charge in [0.25, 0.3) is 6.29 Å². The van der Waals surface area contributed by atoms with Gasteiger partial charge in [0, 0.05) is 12.8 Å². The lowest BCUT2D eigenvalue weighted by atomic mass is 10.0. The molecule has 0 aliphatic rings. The zero-order valence-electron chi connectivity index (χ0n) is 40.8. The number of quaternary nitrogens is 1. The highest BCUT2D eigenvalue weighted by Crippen LogP contribution is 2.16. The number of likely N-dealkylation sites (N-methyl/N-ethyl adjacent to an activating group) is 1. The van der Waals surface area contributed by atoms with Crippen molar-refractivity contribution in [3.63, 3.8) is 0 Å². The van der Waals surface area contributed by atoms with E-state index in [1.165, 1.54) is 180 Å². The third kappa shape index (κ3) is 45.9. The van der Waals surface area contributed by atoms with Gasteiger partial charge >= 0.3 is 17.9 Å². The molecule has 2 atom stereocenters. The van der Waals surface area contributed by atoms with Gasteiger partial charge in [-0.1, -0.05) is 206 Å². The molecule has 0 amide bonds. The molecule has 61 heavy (non-hydrogen) atoms. The lowest BCUT2D eigenvalue weighted by molar-refractivity contribution is -0.870. The van der Waals surface area contributed by atoms with Crippen molar-refractivity contribution in [2.24, 2.45) is 0 Å². The first-order valence-electron chi connectivity index (χ1n) is 25.9. The van der Waals surface area contributed by atoms with Crippen molar-refractivity contribution in [3.05, 3.63) is 12.2 Å². The number of hydrogen-bond donors (Lipinski definition) is 1. The van der Waals surface area contributed by atoms with Crippen LogP contribution in [0.3, 0.4) is 0 Å². The predicted octanol–water partition coefficient (Wildman–Crippen LogP) is 14.2. The Bertz CT molecular complexity index is 1010. The monoisotopic (exact) mass is 867 g/mol. The fourth-order valence-corrected chi connectivity index (χ4v) is 7.48. The Hall–Kier alpha value is -1.97. The first-order valence-corrected chi connectivity index (χ1v) is 25.9. The minimum Gasteiger partial charge on any atom is -0.477 e. The van der Waals surface area contributed by atoms with Crippen molar-refractivity contribution < 1.29 is 42.9 Å². The number of ether oxygens (including phenoxy) is 4. The van der Waals surface area contributed by atoms with Gasteiger partial charge in [0.1, 0.15) is 13.2 Å². The molecule has 0 aliphatic carbocycles. The van der Waals surface area contributed by atoms with Crippen LogP contribution in [0.1, 0.15) is 245 Å². The molecule has 0 saturated carbocycles. The van der Waals surface area contributed by atoms with E-state index in [-0.39, 0.29) is 32.2 Å². The lowest BCUT2D eigenvalue weighted by Gasteiger charge is -2.25. The minimum atomic E-state index is -1.50. The van der Waals surface area contributed by atoms with Crippen molar-refractivity contribution in [2.75, 3.05) is 47.5 Å². The normalized spacial score (nSPS) is 12.9. The van der Waals surface area contributed by atoms with Crippen LogP contribution in [0.5, 0.6) is 0 Å². The second kappa shape index (κ2) is 44.6. The van der Waals surface area contributed by atoms with E-state index in [0.717, 1.165) is 38.5 Å². The lowest BCUT2D eigenvalue weighted by Crippen LogP contribution is -2.40. The number of nitrogens with zero attached hydrogens (tertiary/aromatic N) is 1. The molecule has 9 heteroatoms. The summed E-state index contributed by atoms with van der Waals surface area (Å²) in [4.78, 5) is 37.0. The summed E-state index contributed by atoms with van der Waals surface area (Å²) in [5, 5.41) is 9.62. The van der Waals surface area contributed by atoms with E-state index >= 15 is 0 Å². The van der Waals surface area contributed by atoms with Gasteiger partial charge in [-0.3, -0.25) is 9.59 Å². The molecule has 1 N–H and O–H groups in total. The highest BCUT2D eigenvalue weighted by Gasteiger charge is 2.25. The molecule has 9 nitrogen and oxygen atoms in total. The molecular weight excluding hydrogens is 767 g/mol. The maximum Gasteiger partial charge on any atom is 0.361 e. The Labute approximate surface area is 376 Å². The van der Waals surface area contributed by atoms with Crippen LogP contribution in [0, 0.1) is 0 Å². The van der Waals surface area contributed by atoms with E-state index < -0.39 is 24.3 Å². The maximum atomic E-state index is 12.8. The number of carboxylic acids is 1. The van der Waals surface area contributed by atoms with Gasteiger partial charge in [0.2, 0.25) is 0 Å². The molecule has 0 aromatic carbocycles. The Morgan fingerprint density at radius 3 is 1.21 bits per heavy atom. The molecule has 0 aromatic heterocycles. The Kier molecular flexibility index (Phi) is 43.2. The zero-order valence-corrected chi connectivity index (χ0v) is 40.8. The van der Waals surface area contributed by atoms with E-state index in [9.17, 15) is 19.5 Å². The van der Waals surface area contributed by atoms with Crippen LogP contribution in [0.4, 0.5) is 0 Å². The number of esters is 2. The van der Waals surface area contributed by atoms with Gasteiger partial charge in [-0.25, -0.2) is 4.79 Å². The summed E-state index contributed by atoms with van der Waals surface area (Å²) >= 11 is 0. The number of carbonyl (C=O) groups excluding carboxylic acids is 2. The molecule has 0 fully saturated rings. The van der Waals surface area contributed by atoms with Gasteiger partial charge in [0.15, 0.2) is 6.10 Å². The summed E-state index contributed by atoms with van der Waals surface area (Å²) < 4.78 is 22.7. The first-order chi connectivity index (χ1) is 29.6. The van der Waals surface area contributed by atoms with Crippen LogP contribution in [0.2, 0.25) is 0 Å². The zero-order chi connectivity index (χ0) is 44.9. The summed E-state index contributed by atoms with van der Waals surface area (Å²) in [6.45, 7) is 4.85. The van der Waals surface area contributed by atoms with Crippen LogP contribution in [-0.4, -0.2) is 87.4 Å². The van der Waals surface area contributed by atoms with Gasteiger partial charge < -0.3 is 28.5 Å². The van der Waals surface area contributed by atoms with Crippen LogP contribution in [-0.2, 0) is 33.3 Å². The summed E-state index contributed by atoms with van der Waals surface area (Å²) in [7, 11) is 5.96. The van der Waals surface area contributed by atoms with Crippen LogP contribution >= 0.6 is 0 Å². The second-order valence-electron chi connectivity index (χ2n) is 18.8. The number of unbranched alkanes of at least 4 members (excludes halogenated alkanes) is 31. The predicted molar refractivity (Wildman–Crippen MR) is 254 cm³/mol. The highest BCUT2D eigenvalue weighted by molar-refractivity contribution is 5.71. The average molecular weight is 867 g/mol. The molecule has 0 spiro atoms. The Balaban J connectivity index is 4.01. The van der Waals surface area contributed by atoms with E-state index in [2.05, 4.69) is 26.0 Å². The molecule has 0 rings (SSSR count). The van der Waals surface area contributed by atoms with Crippen molar-refractivity contribution in [1.29, 1.82) is 0 Å². The number of carboxylic acid groups (broad SMARTS) is 1. The molecule has 0 heterocycles. The largest absolute Gasteiger partial charge is 0.477 e.